The predicted molar refractivity (Wildman–Crippen MR) is 109 cm³/mol. The highest BCUT2D eigenvalue weighted by atomic mass is 32.1. The van der Waals surface area contributed by atoms with Crippen molar-refractivity contribution in [2.75, 3.05) is 33.0 Å². The van der Waals surface area contributed by atoms with E-state index < -0.39 is 54.6 Å². The van der Waals surface area contributed by atoms with Crippen LogP contribution in [0, 0.1) is 0 Å². The summed E-state index contributed by atoms with van der Waals surface area (Å²) in [5, 5.41) is 2.21. The highest BCUT2D eigenvalue weighted by molar-refractivity contribution is 7.78. The molecular weight excluding hydrogens is 450 g/mol. The van der Waals surface area contributed by atoms with Crippen LogP contribution in [-0.2, 0) is 52.3 Å². The van der Waals surface area contributed by atoms with Gasteiger partial charge in [0.25, 0.3) is 0 Å². The van der Waals surface area contributed by atoms with Crippen molar-refractivity contribution in [1.29, 1.82) is 0 Å². The first kappa shape index (κ1) is 27.6. The van der Waals surface area contributed by atoms with Crippen molar-refractivity contribution < 1.29 is 52.3 Å². The molecule has 12 nitrogen and oxygen atoms in total. The summed E-state index contributed by atoms with van der Waals surface area (Å²) in [6, 6.07) is 0. The molecule has 0 aromatic rings. The summed E-state index contributed by atoms with van der Waals surface area (Å²) < 4.78 is 37.6. The molecule has 0 aliphatic carbocycles. The second kappa shape index (κ2) is 14.6. The van der Waals surface area contributed by atoms with Crippen LogP contribution in [0.2, 0.25) is 0 Å². The van der Waals surface area contributed by atoms with Crippen LogP contribution in [-0.4, -0.2) is 92.7 Å². The fourth-order valence-electron chi connectivity index (χ4n) is 2.80. The van der Waals surface area contributed by atoms with Crippen LogP contribution in [0.4, 0.5) is 0 Å². The number of rotatable bonds is 12. The minimum atomic E-state index is -1.28. The molecule has 32 heavy (non-hydrogen) atoms. The molecule has 5 atom stereocenters. The van der Waals surface area contributed by atoms with E-state index >= 15 is 0 Å². The maximum Gasteiger partial charge on any atom is 0.303 e. The molecule has 1 heterocycles. The van der Waals surface area contributed by atoms with Gasteiger partial charge in [-0.1, -0.05) is 0 Å². The molecule has 13 heteroatoms. The number of isothiocyanates is 1. The van der Waals surface area contributed by atoms with Crippen LogP contribution >= 0.6 is 12.2 Å². The summed E-state index contributed by atoms with van der Waals surface area (Å²) in [5.74, 6) is -2.75. The van der Waals surface area contributed by atoms with Crippen LogP contribution in [0.5, 0.6) is 0 Å². The second-order valence-electron chi connectivity index (χ2n) is 6.52. The van der Waals surface area contributed by atoms with E-state index in [0.29, 0.717) is 6.54 Å². The van der Waals surface area contributed by atoms with Gasteiger partial charge in [-0.15, -0.1) is 0 Å². The van der Waals surface area contributed by atoms with Crippen molar-refractivity contribution in [2.24, 2.45) is 4.99 Å². The number of thiocarbonyl (C=S) groups is 1. The van der Waals surface area contributed by atoms with E-state index in [9.17, 15) is 19.2 Å². The minimum absolute atomic E-state index is 0.00897. The summed E-state index contributed by atoms with van der Waals surface area (Å²) in [4.78, 5) is 50.1. The van der Waals surface area contributed by atoms with Gasteiger partial charge in [0.2, 0.25) is 0 Å². The van der Waals surface area contributed by atoms with Crippen LogP contribution in [0.3, 0.4) is 0 Å². The quantitative estimate of drug-likeness (QED) is 0.124. The number of hydrogen-bond donors (Lipinski definition) is 0. The van der Waals surface area contributed by atoms with E-state index in [1.165, 1.54) is 6.92 Å². The summed E-state index contributed by atoms with van der Waals surface area (Å²) in [5.41, 5.74) is 0. The third-order valence-electron chi connectivity index (χ3n) is 3.87. The van der Waals surface area contributed by atoms with Gasteiger partial charge >= 0.3 is 23.9 Å². The lowest BCUT2D eigenvalue weighted by atomic mass is 9.98. The van der Waals surface area contributed by atoms with Crippen LogP contribution in [0.25, 0.3) is 0 Å². The Morgan fingerprint density at radius 1 is 0.844 bits per heavy atom. The number of carbonyl (C=O) groups is 4. The highest BCUT2D eigenvalue weighted by Gasteiger charge is 2.52. The van der Waals surface area contributed by atoms with E-state index in [2.05, 4.69) is 22.4 Å². The molecule has 1 rings (SSSR count). The molecule has 1 aliphatic heterocycles. The zero-order valence-corrected chi connectivity index (χ0v) is 19.1. The molecular formula is C19H27NO11S. The van der Waals surface area contributed by atoms with E-state index in [1.54, 1.807) is 0 Å². The third-order valence-corrected chi connectivity index (χ3v) is 4.00. The standard InChI is InChI=1S/C19H27NO11S/c1-11(21)27-9-15-16(28-12(2)22)17(29-13(3)23)18(30-14(4)24)19(31-15)26-8-7-25-6-5-20-10-32/h15-19H,5-9H2,1-4H3. The van der Waals surface area contributed by atoms with Crippen molar-refractivity contribution in [1.82, 2.24) is 0 Å². The first-order valence-electron chi connectivity index (χ1n) is 9.69. The third kappa shape index (κ3) is 10.2. The molecule has 0 radical (unpaired) electrons. The fraction of sp³-hybridized carbons (Fsp3) is 0.737. The Balaban J connectivity index is 3.05. The number of nitrogens with zero attached hydrogens (tertiary/aromatic N) is 1. The van der Waals surface area contributed by atoms with Crippen LogP contribution < -0.4 is 0 Å². The topological polar surface area (TPSA) is 145 Å². The Kier molecular flexibility index (Phi) is 12.6. The summed E-state index contributed by atoms with van der Waals surface area (Å²) in [6.07, 6.45) is -6.09. The zero-order valence-electron chi connectivity index (χ0n) is 18.3. The monoisotopic (exact) mass is 477 g/mol. The first-order valence-corrected chi connectivity index (χ1v) is 10.1. The molecule has 0 aromatic carbocycles. The van der Waals surface area contributed by atoms with Crippen LogP contribution in [0.1, 0.15) is 27.7 Å². The SMILES string of the molecule is CC(=O)OCC1OC(OCCOCCN=C=S)C(OC(C)=O)C(OC(C)=O)C1OC(C)=O. The molecule has 0 N–H and O–H groups in total. The second-order valence-corrected chi connectivity index (χ2v) is 6.71. The van der Waals surface area contributed by atoms with E-state index in [0.717, 1.165) is 20.8 Å². The number of aliphatic imine (C=N–C) groups is 1. The normalized spacial score (nSPS) is 24.6. The van der Waals surface area contributed by atoms with Crippen molar-refractivity contribution in [3.8, 4) is 0 Å². The molecule has 1 aliphatic rings. The maximum absolute atomic E-state index is 11.7. The van der Waals surface area contributed by atoms with Gasteiger partial charge in [-0.3, -0.25) is 19.2 Å². The Hall–Kier alpha value is -2.44. The largest absolute Gasteiger partial charge is 0.463 e. The van der Waals surface area contributed by atoms with Gasteiger partial charge in [0.1, 0.15) is 12.7 Å². The van der Waals surface area contributed by atoms with Crippen molar-refractivity contribution in [3.05, 3.63) is 0 Å². The lowest BCUT2D eigenvalue weighted by Crippen LogP contribution is -2.63. The molecule has 180 valence electrons. The van der Waals surface area contributed by atoms with E-state index in [4.69, 9.17) is 33.2 Å². The van der Waals surface area contributed by atoms with Gasteiger partial charge in [-0.05, 0) is 12.2 Å². The average molecular weight is 477 g/mol. The van der Waals surface area contributed by atoms with E-state index in [-0.39, 0.29) is 26.4 Å². The molecule has 0 bridgehead atoms. The lowest BCUT2D eigenvalue weighted by molar-refractivity contribution is -0.309. The first-order chi connectivity index (χ1) is 15.1. The molecule has 1 fully saturated rings. The van der Waals surface area contributed by atoms with Crippen molar-refractivity contribution >= 4 is 41.3 Å². The smallest absolute Gasteiger partial charge is 0.303 e. The van der Waals surface area contributed by atoms with Crippen LogP contribution in [0.15, 0.2) is 4.99 Å². The Morgan fingerprint density at radius 2 is 1.44 bits per heavy atom. The average Bonchev–Trinajstić information content (AvgIpc) is 2.68. The van der Waals surface area contributed by atoms with E-state index in [1.807, 2.05) is 0 Å². The fourth-order valence-corrected chi connectivity index (χ4v) is 2.90. The molecule has 0 spiro atoms. The Bertz CT molecular complexity index is 709. The molecule has 0 aromatic heterocycles. The molecule has 0 amide bonds. The number of ether oxygens (including phenoxy) is 7. The molecule has 1 saturated heterocycles. The van der Waals surface area contributed by atoms with Crippen molar-refractivity contribution in [3.63, 3.8) is 0 Å². The minimum Gasteiger partial charge on any atom is -0.463 e. The highest BCUT2D eigenvalue weighted by Crippen LogP contribution is 2.29. The molecule has 5 unspecified atom stereocenters. The Morgan fingerprint density at radius 3 is 2.00 bits per heavy atom. The number of hydrogen-bond acceptors (Lipinski definition) is 13. The summed E-state index contributed by atoms with van der Waals surface area (Å²) >= 11 is 4.46. The number of esters is 4. The predicted octanol–water partition coefficient (Wildman–Crippen LogP) is 0.206. The lowest BCUT2D eigenvalue weighted by Gasteiger charge is -2.44. The number of carbonyl (C=O) groups excluding carboxylic acids is 4. The van der Waals surface area contributed by atoms with Gasteiger partial charge in [-0.2, -0.15) is 0 Å². The molecule has 0 saturated carbocycles. The summed E-state index contributed by atoms with van der Waals surface area (Å²) in [6.45, 7) is 5.05. The van der Waals surface area contributed by atoms with Gasteiger partial charge in [0, 0.05) is 27.7 Å². The van der Waals surface area contributed by atoms with Gasteiger partial charge < -0.3 is 33.2 Å². The van der Waals surface area contributed by atoms with Gasteiger partial charge in [0.05, 0.1) is 31.5 Å². The van der Waals surface area contributed by atoms with Gasteiger partial charge in [-0.25, -0.2) is 4.99 Å². The van der Waals surface area contributed by atoms with Crippen molar-refractivity contribution in [2.45, 2.75) is 58.4 Å². The summed E-state index contributed by atoms with van der Waals surface area (Å²) in [7, 11) is 0. The Labute approximate surface area is 190 Å². The maximum atomic E-state index is 11.7. The van der Waals surface area contributed by atoms with Gasteiger partial charge in [0.15, 0.2) is 24.6 Å². The zero-order chi connectivity index (χ0) is 24.1.